The number of amidine groups is 1. The first-order chi connectivity index (χ1) is 16.5. The number of thioether (sulfide) groups is 1. The van der Waals surface area contributed by atoms with Gasteiger partial charge in [-0.25, -0.2) is 0 Å². The highest BCUT2D eigenvalue weighted by molar-refractivity contribution is 7.98. The molecule has 2 N–H and O–H groups in total. The highest BCUT2D eigenvalue weighted by atomic mass is 32.2. The van der Waals surface area contributed by atoms with Crippen molar-refractivity contribution in [1.82, 2.24) is 15.2 Å². The monoisotopic (exact) mass is 477 g/mol. The van der Waals surface area contributed by atoms with Gasteiger partial charge in [-0.1, -0.05) is 6.07 Å². The predicted molar refractivity (Wildman–Crippen MR) is 136 cm³/mol. The molecule has 178 valence electrons. The van der Waals surface area contributed by atoms with Gasteiger partial charge in [0.15, 0.2) is 0 Å². The first-order valence-electron chi connectivity index (χ1n) is 11.8. The van der Waals surface area contributed by atoms with Gasteiger partial charge in [-0.3, -0.25) is 15.2 Å². The Morgan fingerprint density at radius 1 is 1.18 bits per heavy atom. The lowest BCUT2D eigenvalue weighted by Gasteiger charge is -2.38. The molecule has 3 aliphatic rings. The van der Waals surface area contributed by atoms with Crippen molar-refractivity contribution in [1.29, 1.82) is 5.41 Å². The molecule has 1 aromatic carbocycles. The Kier molecular flexibility index (Phi) is 6.61. The van der Waals surface area contributed by atoms with E-state index in [-0.39, 0.29) is 5.91 Å². The molecule has 0 aliphatic carbocycles. The van der Waals surface area contributed by atoms with Gasteiger partial charge in [0, 0.05) is 66.2 Å². The molecule has 34 heavy (non-hydrogen) atoms. The molecule has 1 fully saturated rings. The van der Waals surface area contributed by atoms with Crippen LogP contribution in [0.4, 0.5) is 5.69 Å². The molecule has 5 rings (SSSR count). The summed E-state index contributed by atoms with van der Waals surface area (Å²) in [4.78, 5) is 21.6. The summed E-state index contributed by atoms with van der Waals surface area (Å²) in [6.45, 7) is 4.97. The lowest BCUT2D eigenvalue weighted by molar-refractivity contribution is -0.128. The summed E-state index contributed by atoms with van der Waals surface area (Å²) in [5.41, 5.74) is 6.62. The number of nitrogens with one attached hydrogen (secondary N) is 2. The van der Waals surface area contributed by atoms with E-state index in [9.17, 15) is 10.2 Å². The summed E-state index contributed by atoms with van der Waals surface area (Å²) < 4.78 is 5.34. The number of anilines is 1. The quantitative estimate of drug-likeness (QED) is 0.388. The SMILES string of the molecule is CSc1cncc(-c2ccc3c(c2)CCCN3C(=N)C2=C(NC3COC3)CCN(C(C)=O)C2)c1. The van der Waals surface area contributed by atoms with Crippen LogP contribution in [0.3, 0.4) is 0 Å². The van der Waals surface area contributed by atoms with E-state index in [2.05, 4.69) is 45.7 Å². The molecule has 0 radical (unpaired) electrons. The Labute approximate surface area is 205 Å². The molecule has 1 saturated heterocycles. The van der Waals surface area contributed by atoms with Gasteiger partial charge < -0.3 is 19.9 Å². The zero-order valence-corrected chi connectivity index (χ0v) is 20.6. The fourth-order valence-electron chi connectivity index (χ4n) is 4.83. The number of nitrogens with zero attached hydrogens (tertiary/aromatic N) is 3. The number of ether oxygens (including phenoxy) is 1. The van der Waals surface area contributed by atoms with Crippen molar-refractivity contribution in [2.75, 3.05) is 44.0 Å². The van der Waals surface area contributed by atoms with Gasteiger partial charge in [0.2, 0.25) is 5.91 Å². The van der Waals surface area contributed by atoms with Crippen LogP contribution in [-0.4, -0.2) is 66.8 Å². The van der Waals surface area contributed by atoms with Gasteiger partial charge in [-0.2, -0.15) is 0 Å². The molecular formula is C26H31N5O2S. The number of hydrogen-bond donors (Lipinski definition) is 2. The summed E-state index contributed by atoms with van der Waals surface area (Å²) in [5.74, 6) is 0.550. The van der Waals surface area contributed by atoms with Crippen molar-refractivity contribution in [3.8, 4) is 11.1 Å². The maximum absolute atomic E-state index is 12.1. The summed E-state index contributed by atoms with van der Waals surface area (Å²) in [7, 11) is 0. The number of pyridine rings is 1. The van der Waals surface area contributed by atoms with E-state index in [4.69, 9.17) is 4.74 Å². The van der Waals surface area contributed by atoms with E-state index in [1.165, 1.54) is 5.56 Å². The molecule has 0 bridgehead atoms. The Balaban J connectivity index is 1.45. The lowest BCUT2D eigenvalue weighted by atomic mass is 9.95. The van der Waals surface area contributed by atoms with Gasteiger partial charge in [0.25, 0.3) is 0 Å². The molecule has 2 aromatic rings. The number of amides is 1. The predicted octanol–water partition coefficient (Wildman–Crippen LogP) is 3.70. The second kappa shape index (κ2) is 9.80. The third-order valence-electron chi connectivity index (χ3n) is 6.84. The second-order valence-corrected chi connectivity index (χ2v) is 9.97. The van der Waals surface area contributed by atoms with E-state index in [1.807, 2.05) is 17.3 Å². The van der Waals surface area contributed by atoms with Crippen LogP contribution in [0, 0.1) is 5.41 Å². The largest absolute Gasteiger partial charge is 0.381 e. The summed E-state index contributed by atoms with van der Waals surface area (Å²) in [5, 5.41) is 12.8. The first kappa shape index (κ1) is 22.9. The third-order valence-corrected chi connectivity index (χ3v) is 7.54. The topological polar surface area (TPSA) is 81.6 Å². The number of fused-ring (bicyclic) bond motifs is 1. The minimum absolute atomic E-state index is 0.0566. The zero-order valence-electron chi connectivity index (χ0n) is 19.8. The van der Waals surface area contributed by atoms with Crippen molar-refractivity contribution in [3.63, 3.8) is 0 Å². The van der Waals surface area contributed by atoms with E-state index in [0.29, 0.717) is 38.2 Å². The number of carbonyl (C=O) groups excluding carboxylic acids is 1. The fourth-order valence-corrected chi connectivity index (χ4v) is 5.25. The average molecular weight is 478 g/mol. The molecule has 8 heteroatoms. The number of carbonyl (C=O) groups is 1. The molecule has 1 amide bonds. The molecule has 0 saturated carbocycles. The number of benzene rings is 1. The van der Waals surface area contributed by atoms with Gasteiger partial charge in [-0.15, -0.1) is 11.8 Å². The molecule has 7 nitrogen and oxygen atoms in total. The fraction of sp³-hybridized carbons (Fsp3) is 0.423. The molecular weight excluding hydrogens is 446 g/mol. The molecule has 4 heterocycles. The van der Waals surface area contributed by atoms with E-state index < -0.39 is 0 Å². The highest BCUT2D eigenvalue weighted by Crippen LogP contribution is 2.34. The van der Waals surface area contributed by atoms with Crippen LogP contribution in [0.15, 0.2) is 52.8 Å². The Morgan fingerprint density at radius 3 is 2.76 bits per heavy atom. The molecule has 0 atom stereocenters. The summed E-state index contributed by atoms with van der Waals surface area (Å²) in [6.07, 6.45) is 8.59. The Bertz CT molecular complexity index is 1140. The number of aromatic nitrogens is 1. The van der Waals surface area contributed by atoms with Crippen molar-refractivity contribution in [2.45, 2.75) is 37.1 Å². The minimum Gasteiger partial charge on any atom is -0.381 e. The summed E-state index contributed by atoms with van der Waals surface area (Å²) >= 11 is 1.69. The molecule has 0 spiro atoms. The molecule has 3 aliphatic heterocycles. The second-order valence-electron chi connectivity index (χ2n) is 9.09. The first-order valence-corrected chi connectivity index (χ1v) is 13.1. The standard InChI is InChI=1S/C26H31N5O2S/c1-17(32)30-9-7-24(29-21-15-33-16-21)23(14-30)26(27)31-8-3-4-19-10-18(5-6-25(19)31)20-11-22(34-2)13-28-12-20/h5-6,10-13,21,27,29H,3-4,7-9,14-16H2,1-2H3. The van der Waals surface area contributed by atoms with Crippen molar-refractivity contribution >= 4 is 29.2 Å². The van der Waals surface area contributed by atoms with E-state index in [0.717, 1.165) is 58.8 Å². The van der Waals surface area contributed by atoms with Crippen LogP contribution < -0.4 is 10.2 Å². The van der Waals surface area contributed by atoms with E-state index >= 15 is 0 Å². The van der Waals surface area contributed by atoms with E-state index in [1.54, 1.807) is 18.7 Å². The zero-order chi connectivity index (χ0) is 23.7. The number of rotatable bonds is 5. The number of hydrogen-bond acceptors (Lipinski definition) is 6. The van der Waals surface area contributed by atoms with Gasteiger partial charge in [0.1, 0.15) is 5.84 Å². The highest BCUT2D eigenvalue weighted by Gasteiger charge is 2.31. The summed E-state index contributed by atoms with van der Waals surface area (Å²) in [6, 6.07) is 8.99. The maximum atomic E-state index is 12.1. The average Bonchev–Trinajstić information content (AvgIpc) is 2.85. The van der Waals surface area contributed by atoms with Crippen LogP contribution in [0.5, 0.6) is 0 Å². The van der Waals surface area contributed by atoms with Gasteiger partial charge in [-0.05, 0) is 48.4 Å². The maximum Gasteiger partial charge on any atom is 0.219 e. The van der Waals surface area contributed by atoms with Crippen LogP contribution in [0.1, 0.15) is 25.3 Å². The van der Waals surface area contributed by atoms with Crippen LogP contribution in [0.2, 0.25) is 0 Å². The van der Waals surface area contributed by atoms with Crippen molar-refractivity contribution in [3.05, 3.63) is 53.5 Å². The van der Waals surface area contributed by atoms with Crippen LogP contribution in [0.25, 0.3) is 11.1 Å². The van der Waals surface area contributed by atoms with Crippen molar-refractivity contribution < 1.29 is 9.53 Å². The Morgan fingerprint density at radius 2 is 2.03 bits per heavy atom. The normalized spacial score (nSPS) is 18.4. The molecule has 1 aromatic heterocycles. The smallest absolute Gasteiger partial charge is 0.219 e. The third kappa shape index (κ3) is 4.57. The minimum atomic E-state index is 0.0566. The van der Waals surface area contributed by atoms with Crippen LogP contribution >= 0.6 is 11.8 Å². The molecule has 0 unspecified atom stereocenters. The van der Waals surface area contributed by atoms with Crippen molar-refractivity contribution in [2.24, 2.45) is 0 Å². The number of aryl methyl sites for hydroxylation is 1. The van der Waals surface area contributed by atoms with Gasteiger partial charge >= 0.3 is 0 Å². The Hall–Kier alpha value is -2.84. The van der Waals surface area contributed by atoms with Gasteiger partial charge in [0.05, 0.1) is 25.8 Å². The lowest BCUT2D eigenvalue weighted by Crippen LogP contribution is -2.50. The van der Waals surface area contributed by atoms with Crippen LogP contribution in [-0.2, 0) is 16.0 Å².